The van der Waals surface area contributed by atoms with Crippen LogP contribution in [0, 0.1) is 11.2 Å². The molecule has 32 heavy (non-hydrogen) atoms. The Morgan fingerprint density at radius 1 is 1.19 bits per heavy atom. The van der Waals surface area contributed by atoms with E-state index in [0.29, 0.717) is 25.3 Å². The van der Waals surface area contributed by atoms with Gasteiger partial charge in [0.2, 0.25) is 5.91 Å². The van der Waals surface area contributed by atoms with Gasteiger partial charge in [-0.05, 0) is 67.8 Å². The number of rotatable bonds is 5. The van der Waals surface area contributed by atoms with E-state index in [2.05, 4.69) is 33.1 Å². The van der Waals surface area contributed by atoms with Gasteiger partial charge in [0.25, 0.3) is 0 Å². The molecule has 168 valence electrons. The highest BCUT2D eigenvalue weighted by Gasteiger charge is 2.49. The molecule has 8 nitrogen and oxygen atoms in total. The van der Waals surface area contributed by atoms with Crippen LogP contribution >= 0.6 is 0 Å². The second-order valence-corrected chi connectivity index (χ2v) is 9.06. The first-order valence-corrected chi connectivity index (χ1v) is 11.1. The molecule has 2 aromatic rings. The number of β-amino-alcohol motifs (C(OH)–C–C–N with tert-alkyl or cyclic N) is 1. The summed E-state index contributed by atoms with van der Waals surface area (Å²) < 4.78 is 16.0. The van der Waals surface area contributed by atoms with Crippen molar-refractivity contribution < 1.29 is 14.3 Å². The molecule has 2 fully saturated rings. The Morgan fingerprint density at radius 3 is 2.62 bits per heavy atom. The van der Waals surface area contributed by atoms with Crippen LogP contribution in [0.4, 0.5) is 4.39 Å². The highest BCUT2D eigenvalue weighted by atomic mass is 19.1. The number of aromatic nitrogens is 4. The second kappa shape index (κ2) is 8.22. The van der Waals surface area contributed by atoms with E-state index in [1.807, 2.05) is 4.90 Å². The van der Waals surface area contributed by atoms with E-state index in [1.54, 1.807) is 12.1 Å². The van der Waals surface area contributed by atoms with E-state index in [1.165, 1.54) is 17.1 Å². The maximum Gasteiger partial charge on any atom is 0.233 e. The maximum atomic E-state index is 14.6. The van der Waals surface area contributed by atoms with Gasteiger partial charge in [-0.15, -0.1) is 5.10 Å². The Kier molecular flexibility index (Phi) is 5.38. The number of nitrogens with zero attached hydrogens (tertiary/aromatic N) is 6. The SMILES string of the molecule is C=C1C=C(N2CCC3(CCN(CC(O)c4ccc(-n5cnnn5)cc4F)CC3)C2=O)CC1. The normalized spacial score (nSPS) is 22.1. The van der Waals surface area contributed by atoms with Gasteiger partial charge in [-0.3, -0.25) is 4.79 Å². The van der Waals surface area contributed by atoms with E-state index >= 15 is 0 Å². The van der Waals surface area contributed by atoms with Gasteiger partial charge >= 0.3 is 0 Å². The largest absolute Gasteiger partial charge is 0.387 e. The summed E-state index contributed by atoms with van der Waals surface area (Å²) in [4.78, 5) is 17.3. The number of piperidine rings is 1. The Bertz CT molecular complexity index is 1060. The first-order valence-electron chi connectivity index (χ1n) is 11.1. The smallest absolute Gasteiger partial charge is 0.233 e. The minimum Gasteiger partial charge on any atom is -0.387 e. The fourth-order valence-electron chi connectivity index (χ4n) is 5.15. The lowest BCUT2D eigenvalue weighted by atomic mass is 9.77. The Labute approximate surface area is 186 Å². The number of halogens is 1. The highest BCUT2D eigenvalue weighted by Crippen LogP contribution is 2.44. The third kappa shape index (κ3) is 3.75. The lowest BCUT2D eigenvalue weighted by molar-refractivity contribution is -0.137. The van der Waals surface area contributed by atoms with Gasteiger partial charge in [0, 0.05) is 30.4 Å². The minimum atomic E-state index is -0.947. The van der Waals surface area contributed by atoms with E-state index in [0.717, 1.165) is 49.9 Å². The van der Waals surface area contributed by atoms with Crippen molar-refractivity contribution in [3.63, 3.8) is 0 Å². The molecule has 9 heteroatoms. The van der Waals surface area contributed by atoms with Crippen molar-refractivity contribution >= 4 is 5.91 Å². The molecule has 5 rings (SSSR count). The molecule has 1 amide bonds. The number of benzene rings is 1. The molecular weight excluding hydrogens is 411 g/mol. The van der Waals surface area contributed by atoms with E-state index in [-0.39, 0.29) is 16.9 Å². The van der Waals surface area contributed by atoms with Gasteiger partial charge in [-0.1, -0.05) is 18.2 Å². The lowest BCUT2D eigenvalue weighted by Crippen LogP contribution is -2.45. The number of amides is 1. The van der Waals surface area contributed by atoms with Crippen LogP contribution in [0.2, 0.25) is 0 Å². The molecule has 1 aliphatic carbocycles. The third-order valence-corrected chi connectivity index (χ3v) is 7.13. The van der Waals surface area contributed by atoms with Crippen LogP contribution in [0.15, 0.2) is 48.5 Å². The van der Waals surface area contributed by atoms with Crippen LogP contribution in [-0.4, -0.2) is 67.2 Å². The Balaban J connectivity index is 1.20. The zero-order valence-corrected chi connectivity index (χ0v) is 18.0. The number of hydrogen-bond donors (Lipinski definition) is 1. The summed E-state index contributed by atoms with van der Waals surface area (Å²) in [5.41, 5.74) is 2.64. The molecule has 0 bridgehead atoms. The molecule has 1 aromatic heterocycles. The molecule has 1 aromatic carbocycles. The molecule has 3 heterocycles. The predicted octanol–water partition coefficient (Wildman–Crippen LogP) is 2.38. The average molecular weight is 439 g/mol. The van der Waals surface area contributed by atoms with Crippen molar-refractivity contribution in [3.8, 4) is 5.69 Å². The van der Waals surface area contributed by atoms with Crippen molar-refractivity contribution in [1.82, 2.24) is 30.0 Å². The van der Waals surface area contributed by atoms with Crippen molar-refractivity contribution in [3.05, 3.63) is 59.8 Å². The van der Waals surface area contributed by atoms with Crippen molar-refractivity contribution in [2.75, 3.05) is 26.2 Å². The third-order valence-electron chi connectivity index (χ3n) is 7.13. The second-order valence-electron chi connectivity index (χ2n) is 9.06. The van der Waals surface area contributed by atoms with Crippen LogP contribution in [0.3, 0.4) is 0 Å². The molecule has 1 atom stereocenters. The topological polar surface area (TPSA) is 87.4 Å². The summed E-state index contributed by atoms with van der Waals surface area (Å²) in [5.74, 6) is -0.255. The summed E-state index contributed by atoms with van der Waals surface area (Å²) in [5, 5.41) is 21.5. The Hall–Kier alpha value is -2.91. The summed E-state index contributed by atoms with van der Waals surface area (Å²) in [6, 6.07) is 4.57. The quantitative estimate of drug-likeness (QED) is 0.771. The van der Waals surface area contributed by atoms with Crippen LogP contribution in [0.25, 0.3) is 5.69 Å². The van der Waals surface area contributed by atoms with Crippen molar-refractivity contribution in [2.45, 2.75) is 38.2 Å². The maximum absolute atomic E-state index is 14.6. The fourth-order valence-corrected chi connectivity index (χ4v) is 5.15. The van der Waals surface area contributed by atoms with Crippen LogP contribution in [0.1, 0.15) is 43.8 Å². The molecule has 1 unspecified atom stereocenters. The minimum absolute atomic E-state index is 0.239. The van der Waals surface area contributed by atoms with Crippen molar-refractivity contribution in [1.29, 1.82) is 0 Å². The fraction of sp³-hybridized carbons (Fsp3) is 0.478. The number of allylic oxidation sites excluding steroid dienone is 3. The zero-order valence-electron chi connectivity index (χ0n) is 18.0. The van der Waals surface area contributed by atoms with Crippen LogP contribution < -0.4 is 0 Å². The standard InChI is InChI=1S/C23H27FN6O2/c1-16-2-3-17(12-16)29-11-8-23(22(29)32)6-9-28(10-7-23)14-21(31)19-5-4-18(13-20(19)24)30-15-25-26-27-30/h4-5,12-13,15,21,31H,1-3,6-11,14H2. The number of tetrazole rings is 1. The van der Waals surface area contributed by atoms with Gasteiger partial charge in [-0.25, -0.2) is 9.07 Å². The number of aliphatic hydroxyl groups excluding tert-OH is 1. The number of carbonyl (C=O) groups excluding carboxylic acids is 1. The lowest BCUT2D eigenvalue weighted by Gasteiger charge is -2.38. The molecule has 1 N–H and O–H groups in total. The summed E-state index contributed by atoms with van der Waals surface area (Å²) in [6.45, 7) is 6.55. The average Bonchev–Trinajstić information content (AvgIpc) is 3.52. The van der Waals surface area contributed by atoms with Gasteiger partial charge < -0.3 is 14.9 Å². The van der Waals surface area contributed by atoms with Crippen LogP contribution in [0.5, 0.6) is 0 Å². The summed E-state index contributed by atoms with van der Waals surface area (Å²) in [7, 11) is 0. The molecular formula is C23H27FN6O2. The Morgan fingerprint density at radius 2 is 1.97 bits per heavy atom. The number of carbonyl (C=O) groups is 1. The van der Waals surface area contributed by atoms with Crippen molar-refractivity contribution in [2.24, 2.45) is 5.41 Å². The molecule has 0 radical (unpaired) electrons. The first kappa shape index (κ1) is 21.0. The number of hydrogen-bond acceptors (Lipinski definition) is 6. The summed E-state index contributed by atoms with van der Waals surface area (Å²) >= 11 is 0. The van der Waals surface area contributed by atoms with E-state index in [9.17, 15) is 14.3 Å². The highest BCUT2D eigenvalue weighted by molar-refractivity contribution is 5.86. The number of likely N-dealkylation sites (tertiary alicyclic amines) is 2. The molecule has 3 aliphatic rings. The van der Waals surface area contributed by atoms with Crippen LogP contribution in [-0.2, 0) is 4.79 Å². The van der Waals surface area contributed by atoms with Gasteiger partial charge in [-0.2, -0.15) is 0 Å². The van der Waals surface area contributed by atoms with Gasteiger partial charge in [0.15, 0.2) is 0 Å². The first-order chi connectivity index (χ1) is 15.4. The zero-order chi connectivity index (χ0) is 22.3. The monoisotopic (exact) mass is 438 g/mol. The van der Waals surface area contributed by atoms with E-state index in [4.69, 9.17) is 0 Å². The van der Waals surface area contributed by atoms with E-state index < -0.39 is 11.9 Å². The molecule has 2 saturated heterocycles. The predicted molar refractivity (Wildman–Crippen MR) is 115 cm³/mol. The molecule has 1 spiro atoms. The molecule has 2 aliphatic heterocycles. The van der Waals surface area contributed by atoms with Gasteiger partial charge in [0.05, 0.1) is 17.2 Å². The summed E-state index contributed by atoms with van der Waals surface area (Å²) in [6.07, 6.45) is 6.74. The van der Waals surface area contributed by atoms with Gasteiger partial charge in [0.1, 0.15) is 12.1 Å². The molecule has 0 saturated carbocycles. The number of aliphatic hydroxyl groups is 1.